The SMILES string of the molecule is CS(=O)(=O)c1ccccc1C(=O)OCCOc1ccccc1. The minimum absolute atomic E-state index is 0.0321. The van der Waals surface area contributed by atoms with E-state index < -0.39 is 15.8 Å². The Morgan fingerprint density at radius 2 is 1.59 bits per heavy atom. The number of hydrogen-bond donors (Lipinski definition) is 0. The number of para-hydroxylation sites is 1. The summed E-state index contributed by atoms with van der Waals surface area (Å²) in [6.45, 7) is 0.225. The number of rotatable bonds is 6. The maximum Gasteiger partial charge on any atom is 0.339 e. The molecule has 2 rings (SSSR count). The highest BCUT2D eigenvalue weighted by molar-refractivity contribution is 7.90. The molecule has 0 atom stereocenters. The van der Waals surface area contributed by atoms with Crippen molar-refractivity contribution in [1.82, 2.24) is 0 Å². The second-order valence-electron chi connectivity index (χ2n) is 4.57. The van der Waals surface area contributed by atoms with Gasteiger partial charge >= 0.3 is 5.97 Å². The predicted octanol–water partition coefficient (Wildman–Crippen LogP) is 2.33. The van der Waals surface area contributed by atoms with Crippen LogP contribution in [0.2, 0.25) is 0 Å². The van der Waals surface area contributed by atoms with Crippen molar-refractivity contribution >= 4 is 15.8 Å². The van der Waals surface area contributed by atoms with E-state index in [0.717, 1.165) is 6.26 Å². The fraction of sp³-hybridized carbons (Fsp3) is 0.188. The van der Waals surface area contributed by atoms with Crippen LogP contribution in [0.1, 0.15) is 10.4 Å². The van der Waals surface area contributed by atoms with Gasteiger partial charge in [-0.05, 0) is 24.3 Å². The third kappa shape index (κ3) is 4.33. The Morgan fingerprint density at radius 1 is 0.955 bits per heavy atom. The first-order valence-corrected chi connectivity index (χ1v) is 8.51. The van der Waals surface area contributed by atoms with Gasteiger partial charge in [-0.3, -0.25) is 0 Å². The molecule has 0 saturated heterocycles. The van der Waals surface area contributed by atoms with Crippen molar-refractivity contribution in [3.8, 4) is 5.75 Å². The van der Waals surface area contributed by atoms with Crippen molar-refractivity contribution in [2.75, 3.05) is 19.5 Å². The van der Waals surface area contributed by atoms with E-state index in [1.807, 2.05) is 18.2 Å². The van der Waals surface area contributed by atoms with Gasteiger partial charge in [-0.1, -0.05) is 30.3 Å². The topological polar surface area (TPSA) is 69.7 Å². The summed E-state index contributed by atoms with van der Waals surface area (Å²) < 4.78 is 33.7. The van der Waals surface area contributed by atoms with Crippen molar-refractivity contribution in [3.63, 3.8) is 0 Å². The molecule has 0 aliphatic rings. The van der Waals surface area contributed by atoms with Gasteiger partial charge in [0.25, 0.3) is 0 Å². The smallest absolute Gasteiger partial charge is 0.339 e. The Bertz CT molecular complexity index is 738. The van der Waals surface area contributed by atoms with Crippen LogP contribution in [0, 0.1) is 0 Å². The third-order valence-corrected chi connectivity index (χ3v) is 3.99. The highest BCUT2D eigenvalue weighted by Crippen LogP contribution is 2.16. The number of hydrogen-bond acceptors (Lipinski definition) is 5. The van der Waals surface area contributed by atoms with E-state index >= 15 is 0 Å². The molecule has 0 fully saturated rings. The summed E-state index contributed by atoms with van der Waals surface area (Å²) in [6, 6.07) is 15.1. The highest BCUT2D eigenvalue weighted by atomic mass is 32.2. The van der Waals surface area contributed by atoms with Gasteiger partial charge in [0.05, 0.1) is 10.5 Å². The summed E-state index contributed by atoms with van der Waals surface area (Å²) in [5.41, 5.74) is 0.0321. The predicted molar refractivity (Wildman–Crippen MR) is 81.8 cm³/mol. The Kier molecular flexibility index (Phi) is 5.16. The number of benzene rings is 2. The lowest BCUT2D eigenvalue weighted by Gasteiger charge is -2.09. The van der Waals surface area contributed by atoms with Gasteiger partial charge in [0, 0.05) is 6.26 Å². The van der Waals surface area contributed by atoms with Gasteiger partial charge in [0.2, 0.25) is 0 Å². The van der Waals surface area contributed by atoms with Crippen LogP contribution in [-0.2, 0) is 14.6 Å². The van der Waals surface area contributed by atoms with E-state index in [2.05, 4.69) is 0 Å². The van der Waals surface area contributed by atoms with Crippen molar-refractivity contribution in [1.29, 1.82) is 0 Å². The van der Waals surface area contributed by atoms with E-state index in [-0.39, 0.29) is 23.7 Å². The second-order valence-corrected chi connectivity index (χ2v) is 6.55. The van der Waals surface area contributed by atoms with E-state index in [1.165, 1.54) is 12.1 Å². The first-order chi connectivity index (χ1) is 10.5. The van der Waals surface area contributed by atoms with E-state index in [1.54, 1.807) is 24.3 Å². The Morgan fingerprint density at radius 3 is 2.27 bits per heavy atom. The minimum Gasteiger partial charge on any atom is -0.490 e. The monoisotopic (exact) mass is 320 g/mol. The number of esters is 1. The van der Waals surface area contributed by atoms with E-state index in [4.69, 9.17) is 9.47 Å². The number of carbonyl (C=O) groups is 1. The largest absolute Gasteiger partial charge is 0.490 e. The number of carbonyl (C=O) groups excluding carboxylic acids is 1. The maximum atomic E-state index is 12.0. The molecule has 0 amide bonds. The molecule has 116 valence electrons. The van der Waals surface area contributed by atoms with Crippen LogP contribution in [0.4, 0.5) is 0 Å². The minimum atomic E-state index is -3.48. The van der Waals surface area contributed by atoms with Gasteiger partial charge < -0.3 is 9.47 Å². The Hall–Kier alpha value is -2.34. The second kappa shape index (κ2) is 7.09. The summed E-state index contributed by atoms with van der Waals surface area (Å²) >= 11 is 0. The van der Waals surface area contributed by atoms with E-state index in [9.17, 15) is 13.2 Å². The molecule has 0 unspecified atom stereocenters. The summed E-state index contributed by atoms with van der Waals surface area (Å²) in [6.07, 6.45) is 1.05. The molecule has 0 heterocycles. The number of ether oxygens (including phenoxy) is 2. The fourth-order valence-electron chi connectivity index (χ4n) is 1.85. The van der Waals surface area contributed by atoms with Crippen LogP contribution in [0.25, 0.3) is 0 Å². The average Bonchev–Trinajstić information content (AvgIpc) is 2.51. The summed E-state index contributed by atoms with van der Waals surface area (Å²) in [7, 11) is -3.48. The zero-order valence-corrected chi connectivity index (χ0v) is 12.9. The van der Waals surface area contributed by atoms with E-state index in [0.29, 0.717) is 5.75 Å². The lowest BCUT2D eigenvalue weighted by molar-refractivity contribution is 0.0446. The quantitative estimate of drug-likeness (QED) is 0.603. The molecule has 0 N–H and O–H groups in total. The van der Waals surface area contributed by atoms with Crippen LogP contribution in [0.15, 0.2) is 59.5 Å². The fourth-order valence-corrected chi connectivity index (χ4v) is 2.72. The molecule has 0 aliphatic heterocycles. The Labute approximate surface area is 129 Å². The van der Waals surface area contributed by atoms with Crippen molar-refractivity contribution in [2.24, 2.45) is 0 Å². The molecule has 2 aromatic rings. The molecule has 0 spiro atoms. The zero-order valence-electron chi connectivity index (χ0n) is 12.1. The van der Waals surface area contributed by atoms with Crippen LogP contribution in [0.5, 0.6) is 5.75 Å². The van der Waals surface area contributed by atoms with Crippen molar-refractivity contribution in [3.05, 3.63) is 60.2 Å². The molecule has 5 nitrogen and oxygen atoms in total. The molecule has 0 bridgehead atoms. The molecular weight excluding hydrogens is 304 g/mol. The zero-order chi connectivity index (χ0) is 16.0. The van der Waals surface area contributed by atoms with Gasteiger partial charge in [-0.2, -0.15) is 0 Å². The van der Waals surface area contributed by atoms with Crippen LogP contribution in [0.3, 0.4) is 0 Å². The molecule has 0 aliphatic carbocycles. The standard InChI is InChI=1S/C16H16O5S/c1-22(18,19)15-10-6-5-9-14(15)16(17)21-12-11-20-13-7-3-2-4-8-13/h2-10H,11-12H2,1H3. The molecule has 0 aromatic heterocycles. The van der Waals surface area contributed by atoms with Gasteiger partial charge in [-0.25, -0.2) is 13.2 Å². The molecule has 6 heteroatoms. The van der Waals surface area contributed by atoms with Crippen LogP contribution < -0.4 is 4.74 Å². The summed E-state index contributed by atoms with van der Waals surface area (Å²) in [5, 5.41) is 0. The first kappa shape index (κ1) is 16.0. The van der Waals surface area contributed by atoms with Gasteiger partial charge in [0.15, 0.2) is 9.84 Å². The van der Waals surface area contributed by atoms with Crippen molar-refractivity contribution in [2.45, 2.75) is 4.90 Å². The third-order valence-electron chi connectivity index (χ3n) is 2.83. The summed E-state index contributed by atoms with van der Waals surface area (Å²) in [4.78, 5) is 11.9. The van der Waals surface area contributed by atoms with Crippen LogP contribution >= 0.6 is 0 Å². The lowest BCUT2D eigenvalue weighted by Crippen LogP contribution is -2.15. The molecule has 0 radical (unpaired) electrons. The number of sulfone groups is 1. The van der Waals surface area contributed by atoms with Gasteiger partial charge in [-0.15, -0.1) is 0 Å². The van der Waals surface area contributed by atoms with Crippen LogP contribution in [-0.4, -0.2) is 33.9 Å². The molecule has 2 aromatic carbocycles. The molecule has 0 saturated carbocycles. The Balaban J connectivity index is 1.93. The van der Waals surface area contributed by atoms with Gasteiger partial charge in [0.1, 0.15) is 19.0 Å². The average molecular weight is 320 g/mol. The molecular formula is C16H16O5S. The lowest BCUT2D eigenvalue weighted by atomic mass is 10.2. The normalized spacial score (nSPS) is 11.0. The first-order valence-electron chi connectivity index (χ1n) is 6.62. The highest BCUT2D eigenvalue weighted by Gasteiger charge is 2.19. The maximum absolute atomic E-state index is 12.0. The van der Waals surface area contributed by atoms with Crippen molar-refractivity contribution < 1.29 is 22.7 Å². The molecule has 22 heavy (non-hydrogen) atoms. The summed E-state index contributed by atoms with van der Waals surface area (Å²) in [5.74, 6) is -0.00669.